The number of carbonyl (C=O) groups is 1. The van der Waals surface area contributed by atoms with Crippen LogP contribution in [0.2, 0.25) is 0 Å². The minimum atomic E-state index is -0.682. The maximum absolute atomic E-state index is 11.3. The first-order valence-corrected chi connectivity index (χ1v) is 5.26. The summed E-state index contributed by atoms with van der Waals surface area (Å²) in [5.41, 5.74) is 0. The van der Waals surface area contributed by atoms with E-state index in [1.807, 2.05) is 0 Å². The second-order valence-corrected chi connectivity index (χ2v) is 3.67. The van der Waals surface area contributed by atoms with E-state index in [2.05, 4.69) is 11.2 Å². The van der Waals surface area contributed by atoms with Crippen molar-refractivity contribution in [3.05, 3.63) is 0 Å². The first kappa shape index (κ1) is 12.3. The van der Waals surface area contributed by atoms with Crippen LogP contribution in [-0.4, -0.2) is 37.3 Å². The van der Waals surface area contributed by atoms with Gasteiger partial charge in [0.05, 0.1) is 19.8 Å². The van der Waals surface area contributed by atoms with Crippen LogP contribution in [0.15, 0.2) is 0 Å². The Morgan fingerprint density at radius 3 is 2.87 bits per heavy atom. The van der Waals surface area contributed by atoms with Crippen LogP contribution in [0.5, 0.6) is 0 Å². The van der Waals surface area contributed by atoms with Gasteiger partial charge < -0.3 is 14.8 Å². The molecule has 0 aromatic heterocycles. The van der Waals surface area contributed by atoms with Crippen LogP contribution in [0.1, 0.15) is 12.8 Å². The number of amides is 1. The van der Waals surface area contributed by atoms with Crippen molar-refractivity contribution in [3.8, 4) is 12.3 Å². The number of alkyl halides is 1. The Morgan fingerprint density at radius 2 is 2.27 bits per heavy atom. The summed E-state index contributed by atoms with van der Waals surface area (Å²) in [5.74, 6) is 2.05. The van der Waals surface area contributed by atoms with Gasteiger partial charge in [-0.15, -0.1) is 23.9 Å². The molecule has 0 saturated carbocycles. The van der Waals surface area contributed by atoms with Gasteiger partial charge in [0.1, 0.15) is 5.38 Å². The van der Waals surface area contributed by atoms with Gasteiger partial charge in [-0.05, 0) is 6.42 Å². The molecule has 1 aliphatic heterocycles. The maximum atomic E-state index is 11.3. The third kappa shape index (κ3) is 4.52. The summed E-state index contributed by atoms with van der Waals surface area (Å²) in [6.07, 6.45) is 5.79. The quantitative estimate of drug-likeness (QED) is 0.566. The van der Waals surface area contributed by atoms with Gasteiger partial charge in [-0.2, -0.15) is 0 Å². The molecule has 0 aliphatic carbocycles. The van der Waals surface area contributed by atoms with Crippen molar-refractivity contribution in [2.75, 3.05) is 19.8 Å². The van der Waals surface area contributed by atoms with E-state index >= 15 is 0 Å². The Bertz CT molecular complexity index is 246. The molecule has 84 valence electrons. The fourth-order valence-corrected chi connectivity index (χ4v) is 1.31. The number of hydrogen-bond acceptors (Lipinski definition) is 3. The van der Waals surface area contributed by atoms with Crippen LogP contribution in [0.3, 0.4) is 0 Å². The number of carbonyl (C=O) groups excluding carboxylic acids is 1. The molecule has 5 heteroatoms. The minimum Gasteiger partial charge on any atom is -0.351 e. The summed E-state index contributed by atoms with van der Waals surface area (Å²) >= 11 is 5.71. The van der Waals surface area contributed by atoms with Gasteiger partial charge in [-0.1, -0.05) is 0 Å². The highest BCUT2D eigenvalue weighted by molar-refractivity contribution is 6.30. The lowest BCUT2D eigenvalue weighted by molar-refractivity contribution is -0.176. The van der Waals surface area contributed by atoms with E-state index in [-0.39, 0.29) is 18.6 Å². The highest BCUT2D eigenvalue weighted by Crippen LogP contribution is 2.04. The summed E-state index contributed by atoms with van der Waals surface area (Å²) in [5, 5.41) is 1.94. The van der Waals surface area contributed by atoms with Crippen LogP contribution in [0, 0.1) is 12.3 Å². The van der Waals surface area contributed by atoms with E-state index in [9.17, 15) is 4.79 Å². The van der Waals surface area contributed by atoms with Gasteiger partial charge >= 0.3 is 0 Å². The van der Waals surface area contributed by atoms with Gasteiger partial charge in [0.15, 0.2) is 6.29 Å². The summed E-state index contributed by atoms with van der Waals surface area (Å²) < 4.78 is 10.5. The van der Waals surface area contributed by atoms with E-state index in [1.54, 1.807) is 0 Å². The molecule has 1 rings (SSSR count). The Hall–Kier alpha value is -0.760. The highest BCUT2D eigenvalue weighted by atomic mass is 35.5. The molecule has 0 aromatic carbocycles. The number of hydrogen-bond donors (Lipinski definition) is 1. The maximum Gasteiger partial charge on any atom is 0.239 e. The van der Waals surface area contributed by atoms with E-state index in [4.69, 9.17) is 27.5 Å². The molecule has 0 radical (unpaired) electrons. The van der Waals surface area contributed by atoms with Gasteiger partial charge in [0, 0.05) is 6.42 Å². The summed E-state index contributed by atoms with van der Waals surface area (Å²) in [6.45, 7) is 1.64. The predicted molar refractivity (Wildman–Crippen MR) is 56.4 cm³/mol. The highest BCUT2D eigenvalue weighted by Gasteiger charge is 2.18. The zero-order valence-electron chi connectivity index (χ0n) is 8.37. The molecule has 0 spiro atoms. The summed E-state index contributed by atoms with van der Waals surface area (Å²) in [4.78, 5) is 11.3. The average Bonchev–Trinajstić information content (AvgIpc) is 2.27. The van der Waals surface area contributed by atoms with Crippen molar-refractivity contribution in [3.63, 3.8) is 0 Å². The molecule has 0 aromatic rings. The lowest BCUT2D eigenvalue weighted by atomic mass is 10.3. The zero-order chi connectivity index (χ0) is 11.1. The third-order valence-electron chi connectivity index (χ3n) is 1.92. The molecule has 1 saturated heterocycles. The van der Waals surface area contributed by atoms with Gasteiger partial charge in [-0.25, -0.2) is 0 Å². The van der Waals surface area contributed by atoms with Crippen LogP contribution in [-0.2, 0) is 14.3 Å². The average molecular weight is 232 g/mol. The normalized spacial score (nSPS) is 19.2. The molecule has 1 atom stereocenters. The fourth-order valence-electron chi connectivity index (χ4n) is 1.15. The second kappa shape index (κ2) is 6.67. The first-order chi connectivity index (χ1) is 7.24. The van der Waals surface area contributed by atoms with Crippen molar-refractivity contribution >= 4 is 17.5 Å². The molecule has 4 nitrogen and oxygen atoms in total. The van der Waals surface area contributed by atoms with Crippen molar-refractivity contribution < 1.29 is 14.3 Å². The molecule has 0 bridgehead atoms. The van der Waals surface area contributed by atoms with Crippen molar-refractivity contribution in [1.29, 1.82) is 0 Å². The van der Waals surface area contributed by atoms with Crippen LogP contribution in [0.25, 0.3) is 0 Å². The van der Waals surface area contributed by atoms with Crippen molar-refractivity contribution in [2.24, 2.45) is 0 Å². The van der Waals surface area contributed by atoms with Gasteiger partial charge in [-0.3, -0.25) is 4.79 Å². The molecular weight excluding hydrogens is 218 g/mol. The monoisotopic (exact) mass is 231 g/mol. The number of halogens is 1. The predicted octanol–water partition coefficient (Wildman–Crippen LogP) is 0.496. The number of rotatable bonds is 4. The Morgan fingerprint density at radius 1 is 1.60 bits per heavy atom. The minimum absolute atomic E-state index is 0.222. The van der Waals surface area contributed by atoms with Gasteiger partial charge in [0.25, 0.3) is 0 Å². The van der Waals surface area contributed by atoms with E-state index < -0.39 is 5.38 Å². The molecule has 1 heterocycles. The molecule has 1 N–H and O–H groups in total. The van der Waals surface area contributed by atoms with E-state index in [0.717, 1.165) is 6.42 Å². The molecule has 1 amide bonds. The molecule has 15 heavy (non-hydrogen) atoms. The van der Waals surface area contributed by atoms with Crippen LogP contribution in [0.4, 0.5) is 0 Å². The molecule has 1 aliphatic rings. The topological polar surface area (TPSA) is 47.6 Å². The molecular formula is C10H14ClNO3. The smallest absolute Gasteiger partial charge is 0.239 e. The SMILES string of the molecule is C#CCC(Cl)C(=O)NCC1OCCCO1. The van der Waals surface area contributed by atoms with Crippen LogP contribution >= 0.6 is 11.6 Å². The van der Waals surface area contributed by atoms with E-state index in [0.29, 0.717) is 19.8 Å². The first-order valence-electron chi connectivity index (χ1n) is 4.82. The lowest BCUT2D eigenvalue weighted by Crippen LogP contribution is -2.40. The second-order valence-electron chi connectivity index (χ2n) is 3.15. The Labute approximate surface area is 94.3 Å². The Kier molecular flexibility index (Phi) is 5.48. The van der Waals surface area contributed by atoms with Gasteiger partial charge in [0.2, 0.25) is 5.91 Å². The number of terminal acetylenes is 1. The molecule has 1 fully saturated rings. The van der Waals surface area contributed by atoms with Crippen LogP contribution < -0.4 is 5.32 Å². The van der Waals surface area contributed by atoms with E-state index in [1.165, 1.54) is 0 Å². The number of ether oxygens (including phenoxy) is 2. The van der Waals surface area contributed by atoms with Crippen molar-refractivity contribution in [1.82, 2.24) is 5.32 Å². The third-order valence-corrected chi connectivity index (χ3v) is 2.27. The molecule has 1 unspecified atom stereocenters. The fraction of sp³-hybridized carbons (Fsp3) is 0.700. The lowest BCUT2D eigenvalue weighted by Gasteiger charge is -2.23. The largest absolute Gasteiger partial charge is 0.351 e. The Balaban J connectivity index is 2.18. The number of nitrogens with one attached hydrogen (secondary N) is 1. The summed E-state index contributed by atoms with van der Waals surface area (Å²) in [6, 6.07) is 0. The van der Waals surface area contributed by atoms with Crippen molar-refractivity contribution in [2.45, 2.75) is 24.5 Å². The summed E-state index contributed by atoms with van der Waals surface area (Å²) in [7, 11) is 0. The zero-order valence-corrected chi connectivity index (χ0v) is 9.13. The standard InChI is InChI=1S/C10H14ClNO3/c1-2-4-8(11)10(13)12-7-9-14-5-3-6-15-9/h1,8-9H,3-7H2,(H,12,13).